The molecule has 0 saturated carbocycles. The third-order valence-electron chi connectivity index (χ3n) is 3.70. The highest BCUT2D eigenvalue weighted by molar-refractivity contribution is 6.03. The van der Waals surface area contributed by atoms with Gasteiger partial charge < -0.3 is 5.32 Å². The van der Waals surface area contributed by atoms with Crippen molar-refractivity contribution in [3.05, 3.63) is 84.8 Å². The Bertz CT molecular complexity index is 1010. The Morgan fingerprint density at radius 2 is 1.88 bits per heavy atom. The number of carbonyl (C=O) groups is 1. The molecule has 0 atom stereocenters. The summed E-state index contributed by atoms with van der Waals surface area (Å²) >= 11 is 0. The minimum atomic E-state index is -0.272. The molecule has 0 spiro atoms. The number of pyridine rings is 2. The summed E-state index contributed by atoms with van der Waals surface area (Å²) in [5.74, 6) is 0.208. The third kappa shape index (κ3) is 3.48. The molecular weight excluding hydrogens is 330 g/mol. The van der Waals surface area contributed by atoms with Crippen LogP contribution in [0.2, 0.25) is 0 Å². The highest BCUT2D eigenvalue weighted by atomic mass is 16.1. The third-order valence-corrected chi connectivity index (χ3v) is 3.70. The fourth-order valence-electron chi connectivity index (χ4n) is 2.45. The van der Waals surface area contributed by atoms with E-state index < -0.39 is 0 Å². The molecule has 0 bridgehead atoms. The van der Waals surface area contributed by atoms with Crippen molar-refractivity contribution in [3.8, 4) is 5.69 Å². The minimum absolute atomic E-state index is 0.272. The number of aromatic nitrogens is 6. The first-order valence-electron chi connectivity index (χ1n) is 7.97. The van der Waals surface area contributed by atoms with E-state index in [4.69, 9.17) is 0 Å². The summed E-state index contributed by atoms with van der Waals surface area (Å²) in [5, 5.41) is 11.3. The van der Waals surface area contributed by atoms with Crippen molar-refractivity contribution in [2.45, 2.75) is 6.54 Å². The Morgan fingerprint density at radius 3 is 2.65 bits per heavy atom. The van der Waals surface area contributed by atoms with E-state index in [1.807, 2.05) is 30.5 Å². The molecule has 26 heavy (non-hydrogen) atoms. The number of amides is 1. The highest BCUT2D eigenvalue weighted by Gasteiger charge is 2.11. The number of carbonyl (C=O) groups excluding carboxylic acids is 1. The van der Waals surface area contributed by atoms with Gasteiger partial charge in [-0.25, -0.2) is 4.68 Å². The molecule has 0 unspecified atom stereocenters. The fraction of sp³-hybridized carbons (Fsp3) is 0.0556. The summed E-state index contributed by atoms with van der Waals surface area (Å²) in [7, 11) is 0. The summed E-state index contributed by atoms with van der Waals surface area (Å²) in [6, 6.07) is 9.27. The molecule has 1 amide bonds. The number of nitrogens with zero attached hydrogens (tertiary/aromatic N) is 6. The first kappa shape index (κ1) is 15.7. The van der Waals surface area contributed by atoms with Crippen LogP contribution in [0.25, 0.3) is 5.69 Å². The zero-order valence-electron chi connectivity index (χ0n) is 13.7. The van der Waals surface area contributed by atoms with Crippen LogP contribution in [0.3, 0.4) is 0 Å². The van der Waals surface area contributed by atoms with Crippen LogP contribution in [0.5, 0.6) is 0 Å². The van der Waals surface area contributed by atoms with Gasteiger partial charge in [-0.2, -0.15) is 10.2 Å². The van der Waals surface area contributed by atoms with Crippen LogP contribution in [-0.2, 0) is 6.54 Å². The van der Waals surface area contributed by atoms with Gasteiger partial charge in [0.2, 0.25) is 0 Å². The average molecular weight is 345 g/mol. The molecule has 4 aromatic rings. The van der Waals surface area contributed by atoms with E-state index >= 15 is 0 Å². The van der Waals surface area contributed by atoms with E-state index in [2.05, 4.69) is 25.5 Å². The van der Waals surface area contributed by atoms with E-state index in [0.29, 0.717) is 17.9 Å². The maximum atomic E-state index is 12.4. The number of rotatable bonds is 5. The van der Waals surface area contributed by atoms with Crippen molar-refractivity contribution >= 4 is 11.7 Å². The van der Waals surface area contributed by atoms with Gasteiger partial charge >= 0.3 is 0 Å². The zero-order valence-corrected chi connectivity index (χ0v) is 13.7. The van der Waals surface area contributed by atoms with Crippen molar-refractivity contribution in [3.63, 3.8) is 0 Å². The van der Waals surface area contributed by atoms with Crippen LogP contribution < -0.4 is 5.32 Å². The molecule has 0 aliphatic heterocycles. The smallest absolute Gasteiger partial charge is 0.260 e. The molecule has 4 aromatic heterocycles. The van der Waals surface area contributed by atoms with Crippen LogP contribution in [0.4, 0.5) is 5.82 Å². The monoisotopic (exact) mass is 345 g/mol. The average Bonchev–Trinajstić information content (AvgIpc) is 3.33. The molecule has 4 rings (SSSR count). The SMILES string of the molecule is O=C(Nc1ccn(Cc2cccnc2)n1)c1cnn(-c2cccnc2)c1. The molecule has 8 heteroatoms. The van der Waals surface area contributed by atoms with Crippen molar-refractivity contribution < 1.29 is 4.79 Å². The quantitative estimate of drug-likeness (QED) is 0.598. The second-order valence-corrected chi connectivity index (χ2v) is 5.60. The Balaban J connectivity index is 1.43. The van der Waals surface area contributed by atoms with Crippen molar-refractivity contribution in [1.29, 1.82) is 0 Å². The Hall–Kier alpha value is -3.81. The summed E-state index contributed by atoms with van der Waals surface area (Å²) < 4.78 is 3.34. The molecule has 4 heterocycles. The van der Waals surface area contributed by atoms with Gasteiger partial charge in [-0.1, -0.05) is 6.07 Å². The van der Waals surface area contributed by atoms with Crippen molar-refractivity contribution in [2.75, 3.05) is 5.32 Å². The maximum Gasteiger partial charge on any atom is 0.260 e. The Labute approximate surface area is 149 Å². The topological polar surface area (TPSA) is 90.5 Å². The highest BCUT2D eigenvalue weighted by Crippen LogP contribution is 2.10. The van der Waals surface area contributed by atoms with E-state index in [-0.39, 0.29) is 5.91 Å². The largest absolute Gasteiger partial charge is 0.305 e. The van der Waals surface area contributed by atoms with Gasteiger partial charge in [0.1, 0.15) is 0 Å². The van der Waals surface area contributed by atoms with Crippen LogP contribution in [-0.4, -0.2) is 35.4 Å². The predicted octanol–water partition coefficient (Wildman–Crippen LogP) is 2.16. The molecular formula is C18H15N7O. The van der Waals surface area contributed by atoms with E-state index in [0.717, 1.165) is 11.3 Å². The summed E-state index contributed by atoms with van der Waals surface area (Å²) in [6.07, 6.45) is 11.8. The molecule has 0 aromatic carbocycles. The van der Waals surface area contributed by atoms with Crippen LogP contribution in [0.1, 0.15) is 15.9 Å². The zero-order chi connectivity index (χ0) is 17.8. The second-order valence-electron chi connectivity index (χ2n) is 5.60. The maximum absolute atomic E-state index is 12.4. The standard InChI is InChI=1S/C18H15N7O/c26-18(15-10-21-25(13-15)16-4-2-7-20-11-16)22-17-5-8-24(23-17)12-14-3-1-6-19-9-14/h1-11,13H,12H2,(H,22,23,26). The van der Waals surface area contributed by atoms with Gasteiger partial charge in [0, 0.05) is 37.1 Å². The number of nitrogens with one attached hydrogen (secondary N) is 1. The first-order chi connectivity index (χ1) is 12.8. The molecule has 0 fully saturated rings. The van der Waals surface area contributed by atoms with E-state index in [1.165, 1.54) is 6.20 Å². The van der Waals surface area contributed by atoms with Gasteiger partial charge in [-0.15, -0.1) is 0 Å². The molecule has 0 saturated heterocycles. The second kappa shape index (κ2) is 6.98. The van der Waals surface area contributed by atoms with Crippen molar-refractivity contribution in [1.82, 2.24) is 29.5 Å². The fourth-order valence-corrected chi connectivity index (χ4v) is 2.45. The Kier molecular flexibility index (Phi) is 4.21. The van der Waals surface area contributed by atoms with Crippen molar-refractivity contribution in [2.24, 2.45) is 0 Å². The van der Waals surface area contributed by atoms with Crippen LogP contribution in [0.15, 0.2) is 73.7 Å². The van der Waals surface area contributed by atoms with E-state index in [1.54, 1.807) is 46.4 Å². The van der Waals surface area contributed by atoms with Gasteiger partial charge in [0.15, 0.2) is 5.82 Å². The van der Waals surface area contributed by atoms with Crippen LogP contribution in [0, 0.1) is 0 Å². The number of anilines is 1. The molecule has 0 aliphatic carbocycles. The number of hydrogen-bond acceptors (Lipinski definition) is 5. The lowest BCUT2D eigenvalue weighted by atomic mass is 10.3. The molecule has 1 N–H and O–H groups in total. The summed E-state index contributed by atoms with van der Waals surface area (Å²) in [5.41, 5.74) is 2.26. The minimum Gasteiger partial charge on any atom is -0.305 e. The predicted molar refractivity (Wildman–Crippen MR) is 94.9 cm³/mol. The van der Waals surface area contributed by atoms with Gasteiger partial charge in [-0.05, 0) is 23.8 Å². The van der Waals surface area contributed by atoms with Crippen LogP contribution >= 0.6 is 0 Å². The lowest BCUT2D eigenvalue weighted by Gasteiger charge is -2.02. The molecule has 8 nitrogen and oxygen atoms in total. The van der Waals surface area contributed by atoms with Gasteiger partial charge in [0.25, 0.3) is 5.91 Å². The summed E-state index contributed by atoms with van der Waals surface area (Å²) in [4.78, 5) is 20.5. The molecule has 128 valence electrons. The number of hydrogen-bond donors (Lipinski definition) is 1. The van der Waals surface area contributed by atoms with Gasteiger partial charge in [0.05, 0.1) is 30.2 Å². The lowest BCUT2D eigenvalue weighted by molar-refractivity contribution is 0.102. The van der Waals surface area contributed by atoms with Gasteiger partial charge in [-0.3, -0.25) is 19.4 Å². The lowest BCUT2D eigenvalue weighted by Crippen LogP contribution is -2.12. The summed E-state index contributed by atoms with van der Waals surface area (Å²) in [6.45, 7) is 0.586. The first-order valence-corrected chi connectivity index (χ1v) is 7.97. The normalized spacial score (nSPS) is 10.6. The molecule has 0 radical (unpaired) electrons. The van der Waals surface area contributed by atoms with E-state index in [9.17, 15) is 4.79 Å². The molecule has 0 aliphatic rings. The Morgan fingerprint density at radius 1 is 1.04 bits per heavy atom.